The maximum Gasteiger partial charge on any atom is 0.119 e. The molecule has 0 N–H and O–H groups in total. The molecule has 114 valence electrons. The van der Waals surface area contributed by atoms with Crippen LogP contribution in [-0.4, -0.2) is 46.8 Å². The first-order valence-corrected chi connectivity index (χ1v) is 8.31. The molecule has 0 atom stereocenters. The Morgan fingerprint density at radius 1 is 0.950 bits per heavy atom. The van der Waals surface area contributed by atoms with Crippen molar-refractivity contribution in [1.82, 2.24) is 0 Å². The molecule has 0 amide bonds. The van der Waals surface area contributed by atoms with Crippen LogP contribution in [0.2, 0.25) is 0 Å². The van der Waals surface area contributed by atoms with E-state index >= 15 is 0 Å². The van der Waals surface area contributed by atoms with E-state index < -0.39 is 0 Å². The van der Waals surface area contributed by atoms with Gasteiger partial charge in [-0.3, -0.25) is 0 Å². The van der Waals surface area contributed by atoms with Gasteiger partial charge in [-0.25, -0.2) is 0 Å². The fraction of sp³-hybridized carbons (Fsp3) is 0.571. The van der Waals surface area contributed by atoms with Crippen molar-refractivity contribution >= 4 is 31.9 Å². The molecule has 0 aliphatic rings. The number of ether oxygens (including phenoxy) is 4. The summed E-state index contributed by atoms with van der Waals surface area (Å²) < 4.78 is 22.3. The highest BCUT2D eigenvalue weighted by Gasteiger charge is 2.01. The molecule has 0 fully saturated rings. The molecular weight excluding hydrogens is 392 g/mol. The van der Waals surface area contributed by atoms with Crippen LogP contribution in [0.3, 0.4) is 0 Å². The molecule has 0 saturated carbocycles. The van der Waals surface area contributed by atoms with Gasteiger partial charge in [0, 0.05) is 16.9 Å². The Morgan fingerprint density at radius 2 is 1.60 bits per heavy atom. The van der Waals surface area contributed by atoms with E-state index in [4.69, 9.17) is 18.9 Å². The number of hydrogen-bond acceptors (Lipinski definition) is 4. The lowest BCUT2D eigenvalue weighted by atomic mass is 10.2. The lowest BCUT2D eigenvalue weighted by Gasteiger charge is -2.09. The summed E-state index contributed by atoms with van der Waals surface area (Å²) in [5.41, 5.74) is 1.16. The average molecular weight is 412 g/mol. The summed E-state index contributed by atoms with van der Waals surface area (Å²) >= 11 is 6.92. The molecular formula is C14H20Br2O4. The molecule has 0 aliphatic carbocycles. The van der Waals surface area contributed by atoms with Crippen LogP contribution in [-0.2, 0) is 19.5 Å². The molecule has 20 heavy (non-hydrogen) atoms. The Balaban J connectivity index is 2.06. The first kappa shape index (κ1) is 17.9. The lowest BCUT2D eigenvalue weighted by molar-refractivity contribution is 0.0179. The first-order valence-electron chi connectivity index (χ1n) is 6.39. The molecule has 1 aromatic carbocycles. The molecule has 0 radical (unpaired) electrons. The van der Waals surface area contributed by atoms with Crippen LogP contribution in [0.25, 0.3) is 0 Å². The van der Waals surface area contributed by atoms with Crippen molar-refractivity contribution in [2.24, 2.45) is 0 Å². The minimum atomic E-state index is 0.529. The molecule has 1 aromatic rings. The average Bonchev–Trinajstić information content (AvgIpc) is 2.47. The van der Waals surface area contributed by atoms with Crippen molar-refractivity contribution in [2.75, 3.05) is 46.8 Å². The van der Waals surface area contributed by atoms with Crippen LogP contribution in [0, 0.1) is 0 Å². The van der Waals surface area contributed by atoms with Gasteiger partial charge in [-0.15, -0.1) is 0 Å². The van der Waals surface area contributed by atoms with E-state index in [-0.39, 0.29) is 0 Å². The van der Waals surface area contributed by atoms with Crippen molar-refractivity contribution in [2.45, 2.75) is 5.33 Å². The number of methoxy groups -OCH3 is 1. The van der Waals surface area contributed by atoms with Crippen molar-refractivity contribution in [3.05, 3.63) is 28.2 Å². The molecule has 0 heterocycles. The molecule has 0 saturated heterocycles. The van der Waals surface area contributed by atoms with Crippen molar-refractivity contribution in [3.8, 4) is 5.75 Å². The maximum absolute atomic E-state index is 5.62. The van der Waals surface area contributed by atoms with Crippen LogP contribution in [0.15, 0.2) is 22.7 Å². The van der Waals surface area contributed by atoms with E-state index in [1.165, 1.54) is 0 Å². The number of benzene rings is 1. The van der Waals surface area contributed by atoms with Crippen molar-refractivity contribution in [3.63, 3.8) is 0 Å². The number of hydrogen-bond donors (Lipinski definition) is 0. The highest BCUT2D eigenvalue weighted by molar-refractivity contribution is 9.10. The smallest absolute Gasteiger partial charge is 0.119 e. The number of halogens is 2. The predicted molar refractivity (Wildman–Crippen MR) is 85.8 cm³/mol. The Kier molecular flexibility index (Phi) is 10.3. The third-order valence-corrected chi connectivity index (χ3v) is 3.84. The second-order valence-corrected chi connectivity index (χ2v) is 5.37. The van der Waals surface area contributed by atoms with Gasteiger partial charge < -0.3 is 18.9 Å². The summed E-state index contributed by atoms with van der Waals surface area (Å²) in [6.45, 7) is 3.44. The number of alkyl halides is 1. The normalized spacial score (nSPS) is 10.8. The Hall–Kier alpha value is -0.140. The summed E-state index contributed by atoms with van der Waals surface area (Å²) in [5.74, 6) is 0.850. The SMILES string of the molecule is COCCOCCOCCOc1ccc(Br)c(CBr)c1. The van der Waals surface area contributed by atoms with Gasteiger partial charge in [-0.05, 0) is 23.8 Å². The third kappa shape index (κ3) is 7.59. The Labute approximate surface area is 137 Å². The minimum Gasteiger partial charge on any atom is -0.491 e. The molecule has 6 heteroatoms. The monoisotopic (exact) mass is 410 g/mol. The van der Waals surface area contributed by atoms with Gasteiger partial charge in [0.1, 0.15) is 12.4 Å². The van der Waals surface area contributed by atoms with Crippen LogP contribution in [0.5, 0.6) is 5.75 Å². The summed E-state index contributed by atoms with van der Waals surface area (Å²) in [6.07, 6.45) is 0. The van der Waals surface area contributed by atoms with E-state index in [0.29, 0.717) is 39.6 Å². The Bertz CT molecular complexity index is 374. The zero-order valence-corrected chi connectivity index (χ0v) is 14.7. The molecule has 0 unspecified atom stereocenters. The highest BCUT2D eigenvalue weighted by Crippen LogP contribution is 2.24. The van der Waals surface area contributed by atoms with Crippen LogP contribution >= 0.6 is 31.9 Å². The second kappa shape index (κ2) is 11.5. The summed E-state index contributed by atoms with van der Waals surface area (Å²) in [6, 6.07) is 5.92. The van der Waals surface area contributed by atoms with E-state index in [9.17, 15) is 0 Å². The Morgan fingerprint density at radius 3 is 2.25 bits per heavy atom. The predicted octanol–water partition coefficient (Wildman–Crippen LogP) is 3.40. The summed E-state index contributed by atoms with van der Waals surface area (Å²) in [4.78, 5) is 0. The van der Waals surface area contributed by atoms with Crippen LogP contribution in [0.1, 0.15) is 5.56 Å². The third-order valence-electron chi connectivity index (χ3n) is 2.46. The fourth-order valence-corrected chi connectivity index (χ4v) is 2.65. The van der Waals surface area contributed by atoms with Gasteiger partial charge in [0.05, 0.1) is 33.0 Å². The largest absolute Gasteiger partial charge is 0.491 e. The lowest BCUT2D eigenvalue weighted by Crippen LogP contribution is -2.12. The molecule has 1 rings (SSSR count). The van der Waals surface area contributed by atoms with Gasteiger partial charge in [0.15, 0.2) is 0 Å². The topological polar surface area (TPSA) is 36.9 Å². The van der Waals surface area contributed by atoms with Gasteiger partial charge >= 0.3 is 0 Å². The zero-order chi connectivity index (χ0) is 14.6. The van der Waals surface area contributed by atoms with Gasteiger partial charge in [-0.1, -0.05) is 31.9 Å². The highest BCUT2D eigenvalue weighted by atomic mass is 79.9. The molecule has 0 bridgehead atoms. The van der Waals surface area contributed by atoms with Crippen molar-refractivity contribution < 1.29 is 18.9 Å². The van der Waals surface area contributed by atoms with Gasteiger partial charge in [0.25, 0.3) is 0 Å². The van der Waals surface area contributed by atoms with Crippen LogP contribution in [0.4, 0.5) is 0 Å². The van der Waals surface area contributed by atoms with Gasteiger partial charge in [0.2, 0.25) is 0 Å². The summed E-state index contributed by atoms with van der Waals surface area (Å²) in [5, 5.41) is 0.792. The molecule has 0 aromatic heterocycles. The fourth-order valence-electron chi connectivity index (χ4n) is 1.43. The van der Waals surface area contributed by atoms with E-state index in [0.717, 1.165) is 21.1 Å². The number of rotatable bonds is 11. The van der Waals surface area contributed by atoms with Gasteiger partial charge in [-0.2, -0.15) is 0 Å². The first-order chi connectivity index (χ1) is 9.77. The second-order valence-electron chi connectivity index (χ2n) is 3.95. The summed E-state index contributed by atoms with van der Waals surface area (Å²) in [7, 11) is 1.65. The van der Waals surface area contributed by atoms with E-state index in [2.05, 4.69) is 31.9 Å². The minimum absolute atomic E-state index is 0.529. The molecule has 0 aliphatic heterocycles. The van der Waals surface area contributed by atoms with Crippen LogP contribution < -0.4 is 4.74 Å². The van der Waals surface area contributed by atoms with E-state index in [1.807, 2.05) is 18.2 Å². The zero-order valence-electron chi connectivity index (χ0n) is 11.6. The maximum atomic E-state index is 5.62. The molecule has 4 nitrogen and oxygen atoms in total. The quantitative estimate of drug-likeness (QED) is 0.413. The van der Waals surface area contributed by atoms with E-state index in [1.54, 1.807) is 7.11 Å². The molecule has 0 spiro atoms. The standard InChI is InChI=1S/C14H20Br2O4/c1-17-4-5-18-6-7-19-8-9-20-13-2-3-14(16)12(10-13)11-15/h2-3,10H,4-9,11H2,1H3. The van der Waals surface area contributed by atoms with Crippen molar-refractivity contribution in [1.29, 1.82) is 0 Å².